The van der Waals surface area contributed by atoms with Crippen molar-refractivity contribution in [2.24, 2.45) is 5.92 Å². The molecule has 0 saturated carbocycles. The van der Waals surface area contributed by atoms with Gasteiger partial charge in [-0.3, -0.25) is 4.79 Å². The van der Waals surface area contributed by atoms with Crippen LogP contribution >= 0.6 is 0 Å². The second-order valence-electron chi connectivity index (χ2n) is 7.55. The number of aromatic carboxylic acids is 1. The Labute approximate surface area is 169 Å². The van der Waals surface area contributed by atoms with E-state index in [0.29, 0.717) is 33.9 Å². The van der Waals surface area contributed by atoms with Gasteiger partial charge in [-0.1, -0.05) is 25.1 Å². The second kappa shape index (κ2) is 7.91. The number of piperidine rings is 1. The molecule has 6 nitrogen and oxygen atoms in total. The van der Waals surface area contributed by atoms with Crippen molar-refractivity contribution in [3.63, 3.8) is 0 Å². The molecule has 1 fully saturated rings. The normalized spacial score (nSPS) is 14.7. The van der Waals surface area contributed by atoms with Gasteiger partial charge in [0.25, 0.3) is 5.91 Å². The fraction of sp³-hybridized carbons (Fsp3) is 0.261. The molecule has 1 saturated heterocycles. The van der Waals surface area contributed by atoms with E-state index in [-0.39, 0.29) is 11.5 Å². The molecular weight excluding hydrogens is 366 g/mol. The summed E-state index contributed by atoms with van der Waals surface area (Å²) in [5.74, 6) is 0.133. The molecule has 4 rings (SSSR count). The van der Waals surface area contributed by atoms with Gasteiger partial charge in [-0.25, -0.2) is 9.78 Å². The molecule has 1 amide bonds. The molecule has 0 radical (unpaired) electrons. The first-order valence-electron chi connectivity index (χ1n) is 9.81. The molecule has 3 aromatic rings. The van der Waals surface area contributed by atoms with E-state index in [2.05, 4.69) is 17.1 Å². The minimum absolute atomic E-state index is 0.194. The van der Waals surface area contributed by atoms with Crippen LogP contribution in [0.1, 0.15) is 40.5 Å². The Kier molecular flexibility index (Phi) is 5.16. The Bertz CT molecular complexity index is 1060. The highest BCUT2D eigenvalue weighted by Crippen LogP contribution is 2.28. The molecule has 2 heterocycles. The molecule has 6 heteroatoms. The first kappa shape index (κ1) is 18.9. The zero-order chi connectivity index (χ0) is 20.4. The summed E-state index contributed by atoms with van der Waals surface area (Å²) < 4.78 is 0. The molecule has 0 unspecified atom stereocenters. The SMILES string of the molecule is CC1CCN(c2cc(C(=O)O)c3cc(NC(=O)c4ccccc4)ccc3n2)CC1. The van der Waals surface area contributed by atoms with Crippen molar-refractivity contribution in [1.82, 2.24) is 4.98 Å². The summed E-state index contributed by atoms with van der Waals surface area (Å²) in [6.45, 7) is 3.99. The molecule has 1 aromatic heterocycles. The van der Waals surface area contributed by atoms with Crippen LogP contribution in [0.15, 0.2) is 54.6 Å². The minimum atomic E-state index is -1.00. The van der Waals surface area contributed by atoms with Gasteiger partial charge >= 0.3 is 5.97 Å². The lowest BCUT2D eigenvalue weighted by Crippen LogP contribution is -2.33. The summed E-state index contributed by atoms with van der Waals surface area (Å²) in [6, 6.07) is 15.7. The van der Waals surface area contributed by atoms with Gasteiger partial charge in [0.1, 0.15) is 5.82 Å². The molecule has 0 bridgehead atoms. The molecule has 29 heavy (non-hydrogen) atoms. The van der Waals surface area contributed by atoms with Crippen molar-refractivity contribution in [3.05, 3.63) is 65.7 Å². The highest BCUT2D eigenvalue weighted by Gasteiger charge is 2.20. The maximum absolute atomic E-state index is 12.4. The molecule has 148 valence electrons. The topological polar surface area (TPSA) is 82.5 Å². The van der Waals surface area contributed by atoms with E-state index in [1.807, 2.05) is 6.07 Å². The summed E-state index contributed by atoms with van der Waals surface area (Å²) in [5, 5.41) is 13.1. The van der Waals surface area contributed by atoms with Crippen LogP contribution in [0.25, 0.3) is 10.9 Å². The standard InChI is InChI=1S/C23H23N3O3/c1-15-9-11-26(12-10-15)21-14-19(23(28)29)18-13-17(7-8-20(18)25-21)24-22(27)16-5-3-2-4-6-16/h2-8,13-15H,9-12H2,1H3,(H,24,27)(H,28,29). The van der Waals surface area contributed by atoms with Crippen molar-refractivity contribution in [1.29, 1.82) is 0 Å². The molecule has 0 spiro atoms. The average Bonchev–Trinajstić information content (AvgIpc) is 2.74. The number of fused-ring (bicyclic) bond motifs is 1. The predicted octanol–water partition coefficient (Wildman–Crippen LogP) is 4.42. The van der Waals surface area contributed by atoms with Crippen LogP contribution in [0.4, 0.5) is 11.5 Å². The van der Waals surface area contributed by atoms with Crippen molar-refractivity contribution in [2.75, 3.05) is 23.3 Å². The molecule has 2 N–H and O–H groups in total. The number of hydrogen-bond acceptors (Lipinski definition) is 4. The lowest BCUT2D eigenvalue weighted by Gasteiger charge is -2.31. The number of amides is 1. The van der Waals surface area contributed by atoms with Crippen molar-refractivity contribution in [3.8, 4) is 0 Å². The number of hydrogen-bond donors (Lipinski definition) is 2. The predicted molar refractivity (Wildman–Crippen MR) is 114 cm³/mol. The summed E-state index contributed by atoms with van der Waals surface area (Å²) in [7, 11) is 0. The van der Waals surface area contributed by atoms with Gasteiger partial charge in [0.2, 0.25) is 0 Å². The van der Waals surface area contributed by atoms with Gasteiger partial charge < -0.3 is 15.3 Å². The smallest absolute Gasteiger partial charge is 0.336 e. The number of anilines is 2. The molecule has 1 aliphatic heterocycles. The number of aromatic nitrogens is 1. The fourth-order valence-corrected chi connectivity index (χ4v) is 3.66. The zero-order valence-electron chi connectivity index (χ0n) is 16.3. The molecule has 2 aromatic carbocycles. The highest BCUT2D eigenvalue weighted by atomic mass is 16.4. The van der Waals surface area contributed by atoms with Crippen LogP contribution in [0, 0.1) is 5.92 Å². The maximum atomic E-state index is 12.4. The van der Waals surface area contributed by atoms with Gasteiger partial charge in [-0.2, -0.15) is 0 Å². The van der Waals surface area contributed by atoms with Crippen LogP contribution in [0.2, 0.25) is 0 Å². The molecule has 0 atom stereocenters. The van der Waals surface area contributed by atoms with Crippen molar-refractivity contribution in [2.45, 2.75) is 19.8 Å². The summed E-state index contributed by atoms with van der Waals surface area (Å²) in [5.41, 5.74) is 1.88. The van der Waals surface area contributed by atoms with E-state index >= 15 is 0 Å². The molecule has 1 aliphatic rings. The Morgan fingerprint density at radius 3 is 2.48 bits per heavy atom. The zero-order valence-corrected chi connectivity index (χ0v) is 16.3. The van der Waals surface area contributed by atoms with Crippen LogP contribution in [0.5, 0.6) is 0 Å². The van der Waals surface area contributed by atoms with E-state index < -0.39 is 5.97 Å². The molecular formula is C23H23N3O3. The van der Waals surface area contributed by atoms with E-state index in [4.69, 9.17) is 4.98 Å². The second-order valence-corrected chi connectivity index (χ2v) is 7.55. The Balaban J connectivity index is 1.67. The van der Waals surface area contributed by atoms with Gasteiger partial charge in [0, 0.05) is 29.7 Å². The highest BCUT2D eigenvalue weighted by molar-refractivity contribution is 6.08. The first-order valence-corrected chi connectivity index (χ1v) is 9.81. The van der Waals surface area contributed by atoms with Crippen molar-refractivity contribution < 1.29 is 14.7 Å². The lowest BCUT2D eigenvalue weighted by atomic mass is 9.99. The molecule has 0 aliphatic carbocycles. The number of carboxylic acid groups (broad SMARTS) is 1. The van der Waals surface area contributed by atoms with Gasteiger partial charge in [-0.15, -0.1) is 0 Å². The van der Waals surface area contributed by atoms with Crippen LogP contribution < -0.4 is 10.2 Å². The Morgan fingerprint density at radius 1 is 1.07 bits per heavy atom. The third-order valence-electron chi connectivity index (χ3n) is 5.43. The largest absolute Gasteiger partial charge is 0.478 e. The van der Waals surface area contributed by atoms with E-state index in [9.17, 15) is 14.7 Å². The van der Waals surface area contributed by atoms with Gasteiger partial charge in [0.05, 0.1) is 11.1 Å². The maximum Gasteiger partial charge on any atom is 0.336 e. The number of rotatable bonds is 4. The van der Waals surface area contributed by atoms with Gasteiger partial charge in [-0.05, 0) is 55.2 Å². The number of carbonyl (C=O) groups is 2. The van der Waals surface area contributed by atoms with Gasteiger partial charge in [0.15, 0.2) is 0 Å². The average molecular weight is 389 g/mol. The lowest BCUT2D eigenvalue weighted by molar-refractivity contribution is 0.0698. The van der Waals surface area contributed by atoms with Crippen LogP contribution in [0.3, 0.4) is 0 Å². The minimum Gasteiger partial charge on any atom is -0.478 e. The monoisotopic (exact) mass is 389 g/mol. The number of carboxylic acids is 1. The number of pyridine rings is 1. The summed E-state index contributed by atoms with van der Waals surface area (Å²) >= 11 is 0. The summed E-state index contributed by atoms with van der Waals surface area (Å²) in [6.07, 6.45) is 2.15. The number of benzene rings is 2. The third-order valence-corrected chi connectivity index (χ3v) is 5.43. The van der Waals surface area contributed by atoms with E-state index in [0.717, 1.165) is 25.9 Å². The first-order chi connectivity index (χ1) is 14.0. The van der Waals surface area contributed by atoms with E-state index in [1.54, 1.807) is 48.5 Å². The quantitative estimate of drug-likeness (QED) is 0.690. The number of carbonyl (C=O) groups excluding carboxylic acids is 1. The number of nitrogens with one attached hydrogen (secondary N) is 1. The number of nitrogens with zero attached hydrogens (tertiary/aromatic N) is 2. The Hall–Kier alpha value is -3.41. The third kappa shape index (κ3) is 4.06. The van der Waals surface area contributed by atoms with Crippen molar-refractivity contribution >= 4 is 34.3 Å². The fourth-order valence-electron chi connectivity index (χ4n) is 3.66. The summed E-state index contributed by atoms with van der Waals surface area (Å²) in [4.78, 5) is 31.2. The van der Waals surface area contributed by atoms with E-state index in [1.165, 1.54) is 0 Å². The Morgan fingerprint density at radius 2 is 1.79 bits per heavy atom. The van der Waals surface area contributed by atoms with Crippen LogP contribution in [-0.4, -0.2) is 35.1 Å². The van der Waals surface area contributed by atoms with Crippen LogP contribution in [-0.2, 0) is 0 Å².